The van der Waals surface area contributed by atoms with Crippen LogP contribution in [-0.2, 0) is 9.59 Å². The Morgan fingerprint density at radius 2 is 1.82 bits per heavy atom. The smallest absolute Gasteiger partial charge is 0.335 e. The first-order valence-corrected chi connectivity index (χ1v) is 8.36. The number of methoxy groups -OCH3 is 2. The van der Waals surface area contributed by atoms with Crippen molar-refractivity contribution in [1.82, 2.24) is 0 Å². The van der Waals surface area contributed by atoms with E-state index in [9.17, 15) is 14.4 Å². The van der Waals surface area contributed by atoms with E-state index in [0.717, 1.165) is 4.90 Å². The van der Waals surface area contributed by atoms with Gasteiger partial charge in [-0.25, -0.2) is 9.69 Å². The summed E-state index contributed by atoms with van der Waals surface area (Å²) in [6.45, 7) is 0. The van der Waals surface area contributed by atoms with Crippen LogP contribution in [0.2, 0.25) is 0 Å². The third-order valence-electron chi connectivity index (χ3n) is 4.03. The van der Waals surface area contributed by atoms with Crippen LogP contribution in [0.5, 0.6) is 11.5 Å². The molecule has 0 saturated carbocycles. The number of imide groups is 1. The maximum Gasteiger partial charge on any atom is 0.335 e. The lowest BCUT2D eigenvalue weighted by molar-refractivity contribution is -0.120. The van der Waals surface area contributed by atoms with E-state index in [-0.39, 0.29) is 27.7 Å². The summed E-state index contributed by atoms with van der Waals surface area (Å²) in [7, 11) is 2.86. The van der Waals surface area contributed by atoms with Crippen molar-refractivity contribution < 1.29 is 29.0 Å². The second kappa shape index (κ2) is 7.61. The van der Waals surface area contributed by atoms with E-state index >= 15 is 0 Å². The molecule has 0 radical (unpaired) electrons. The summed E-state index contributed by atoms with van der Waals surface area (Å²) < 4.78 is 10.4. The van der Waals surface area contributed by atoms with Crippen molar-refractivity contribution >= 4 is 40.8 Å². The molecule has 1 heterocycles. The molecule has 0 saturated heterocycles. The lowest BCUT2D eigenvalue weighted by Gasteiger charge is -2.19. The predicted octanol–water partition coefficient (Wildman–Crippen LogP) is 2.84. The largest absolute Gasteiger partial charge is 0.497 e. The lowest BCUT2D eigenvalue weighted by Crippen LogP contribution is -2.32. The monoisotopic (exact) mass is 402 g/mol. The van der Waals surface area contributed by atoms with Gasteiger partial charge < -0.3 is 19.9 Å². The van der Waals surface area contributed by atoms with Crippen molar-refractivity contribution in [3.63, 3.8) is 0 Å². The molecule has 0 aliphatic carbocycles. The van der Waals surface area contributed by atoms with Crippen LogP contribution in [0.15, 0.2) is 53.2 Å². The molecule has 0 atom stereocenters. The highest BCUT2D eigenvalue weighted by Crippen LogP contribution is 2.37. The molecule has 8 nitrogen and oxygen atoms in total. The van der Waals surface area contributed by atoms with Crippen LogP contribution in [0.1, 0.15) is 10.4 Å². The first kappa shape index (κ1) is 19.2. The van der Waals surface area contributed by atoms with Gasteiger partial charge in [-0.05, 0) is 30.3 Å². The number of carbonyl (C=O) groups is 3. The van der Waals surface area contributed by atoms with Gasteiger partial charge in [-0.1, -0.05) is 17.7 Å². The van der Waals surface area contributed by atoms with E-state index in [1.165, 1.54) is 38.5 Å². The normalized spacial score (nSPS) is 13.8. The van der Waals surface area contributed by atoms with Crippen molar-refractivity contribution in [2.24, 2.45) is 0 Å². The number of hydrogen-bond donors (Lipinski definition) is 2. The SMILES string of the molecule is COc1ccc(OC)c(N2C(=O)C(Cl)=C(Nc3cccc(C(=O)O)c3)C2=O)c1. The van der Waals surface area contributed by atoms with Gasteiger partial charge in [-0.15, -0.1) is 0 Å². The van der Waals surface area contributed by atoms with Crippen LogP contribution in [0, 0.1) is 0 Å². The zero-order valence-corrected chi connectivity index (χ0v) is 15.6. The number of rotatable bonds is 6. The van der Waals surface area contributed by atoms with E-state index in [4.69, 9.17) is 26.2 Å². The molecule has 0 bridgehead atoms. The second-order valence-electron chi connectivity index (χ2n) is 5.68. The maximum atomic E-state index is 12.9. The number of amides is 2. The molecule has 2 amide bonds. The van der Waals surface area contributed by atoms with E-state index in [0.29, 0.717) is 11.4 Å². The quantitative estimate of drug-likeness (QED) is 0.715. The second-order valence-corrected chi connectivity index (χ2v) is 6.06. The van der Waals surface area contributed by atoms with Crippen LogP contribution in [-0.4, -0.2) is 37.1 Å². The van der Waals surface area contributed by atoms with E-state index in [2.05, 4.69) is 5.32 Å². The van der Waals surface area contributed by atoms with Gasteiger partial charge in [-0.2, -0.15) is 0 Å². The highest BCUT2D eigenvalue weighted by atomic mass is 35.5. The Morgan fingerprint density at radius 3 is 2.46 bits per heavy atom. The van der Waals surface area contributed by atoms with Crippen LogP contribution in [0.25, 0.3) is 0 Å². The number of nitrogens with zero attached hydrogens (tertiary/aromatic N) is 1. The Bertz CT molecular complexity index is 1020. The molecule has 2 aromatic rings. The molecular formula is C19H15ClN2O6. The number of carboxylic acid groups (broad SMARTS) is 1. The number of nitrogens with one attached hydrogen (secondary N) is 1. The Balaban J connectivity index is 1.97. The van der Waals surface area contributed by atoms with Gasteiger partial charge in [0.15, 0.2) is 0 Å². The Morgan fingerprint density at radius 1 is 1.07 bits per heavy atom. The number of ether oxygens (including phenoxy) is 2. The summed E-state index contributed by atoms with van der Waals surface area (Å²) in [5.41, 5.74) is 0.323. The van der Waals surface area contributed by atoms with Gasteiger partial charge in [0.05, 0.1) is 25.5 Å². The van der Waals surface area contributed by atoms with Gasteiger partial charge in [0.2, 0.25) is 0 Å². The Labute approximate surface area is 164 Å². The fourth-order valence-corrected chi connectivity index (χ4v) is 2.89. The number of aromatic carboxylic acids is 1. The fourth-order valence-electron chi connectivity index (χ4n) is 2.68. The minimum absolute atomic E-state index is 0.0183. The number of anilines is 2. The molecule has 0 aromatic heterocycles. The maximum absolute atomic E-state index is 12.9. The molecule has 1 aliphatic heterocycles. The van der Waals surface area contributed by atoms with Crippen molar-refractivity contribution in [2.75, 3.05) is 24.4 Å². The van der Waals surface area contributed by atoms with Gasteiger partial charge in [0.1, 0.15) is 22.2 Å². The first-order valence-electron chi connectivity index (χ1n) is 7.98. The summed E-state index contributed by atoms with van der Waals surface area (Å²) in [6, 6.07) is 10.4. The number of hydrogen-bond acceptors (Lipinski definition) is 6. The van der Waals surface area contributed by atoms with Gasteiger partial charge in [-0.3, -0.25) is 9.59 Å². The summed E-state index contributed by atoms with van der Waals surface area (Å²) in [4.78, 5) is 37.5. The molecule has 1 aliphatic rings. The molecule has 144 valence electrons. The van der Waals surface area contributed by atoms with Crippen molar-refractivity contribution in [3.8, 4) is 11.5 Å². The Hall–Kier alpha value is -3.52. The predicted molar refractivity (Wildman–Crippen MR) is 102 cm³/mol. The minimum Gasteiger partial charge on any atom is -0.497 e. The van der Waals surface area contributed by atoms with Crippen LogP contribution in [0.3, 0.4) is 0 Å². The van der Waals surface area contributed by atoms with Crippen molar-refractivity contribution in [1.29, 1.82) is 0 Å². The van der Waals surface area contributed by atoms with Gasteiger partial charge >= 0.3 is 5.97 Å². The zero-order valence-electron chi connectivity index (χ0n) is 14.9. The van der Waals surface area contributed by atoms with E-state index in [1.807, 2.05) is 0 Å². The topological polar surface area (TPSA) is 105 Å². The lowest BCUT2D eigenvalue weighted by atomic mass is 10.2. The van der Waals surface area contributed by atoms with Crippen LogP contribution < -0.4 is 19.7 Å². The zero-order chi connectivity index (χ0) is 20.4. The molecule has 28 heavy (non-hydrogen) atoms. The molecule has 0 unspecified atom stereocenters. The molecule has 2 aromatic carbocycles. The number of benzene rings is 2. The number of halogens is 1. The van der Waals surface area contributed by atoms with Gasteiger partial charge in [0.25, 0.3) is 11.8 Å². The Kier molecular flexibility index (Phi) is 5.23. The van der Waals surface area contributed by atoms with Crippen molar-refractivity contribution in [3.05, 3.63) is 58.8 Å². The third kappa shape index (κ3) is 3.37. The van der Waals surface area contributed by atoms with Crippen LogP contribution in [0.4, 0.5) is 11.4 Å². The first-order chi connectivity index (χ1) is 13.4. The van der Waals surface area contributed by atoms with Crippen molar-refractivity contribution in [2.45, 2.75) is 0 Å². The minimum atomic E-state index is -1.12. The molecule has 2 N–H and O–H groups in total. The average molecular weight is 403 g/mol. The van der Waals surface area contributed by atoms with E-state index in [1.54, 1.807) is 18.2 Å². The number of carboxylic acids is 1. The third-order valence-corrected chi connectivity index (χ3v) is 4.38. The highest BCUT2D eigenvalue weighted by Gasteiger charge is 2.40. The average Bonchev–Trinajstić information content (AvgIpc) is 2.91. The fraction of sp³-hybridized carbons (Fsp3) is 0.105. The summed E-state index contributed by atoms with van der Waals surface area (Å²) in [5.74, 6) is -1.87. The molecular weight excluding hydrogens is 388 g/mol. The van der Waals surface area contributed by atoms with E-state index < -0.39 is 17.8 Å². The molecule has 0 spiro atoms. The standard InChI is InChI=1S/C19H15ClN2O6/c1-27-12-6-7-14(28-2)13(9-12)22-17(23)15(20)16(18(22)24)21-11-5-3-4-10(8-11)19(25)26/h3-9,21H,1-2H3,(H,25,26). The summed E-state index contributed by atoms with van der Waals surface area (Å²) in [6.07, 6.45) is 0. The van der Waals surface area contributed by atoms with Crippen LogP contribution >= 0.6 is 11.6 Å². The molecule has 3 rings (SSSR count). The van der Waals surface area contributed by atoms with Gasteiger partial charge in [0, 0.05) is 11.8 Å². The highest BCUT2D eigenvalue weighted by molar-refractivity contribution is 6.53. The number of carbonyl (C=O) groups excluding carboxylic acids is 2. The molecule has 9 heteroatoms. The summed E-state index contributed by atoms with van der Waals surface area (Å²) in [5, 5.41) is 11.5. The molecule has 0 fully saturated rings. The summed E-state index contributed by atoms with van der Waals surface area (Å²) >= 11 is 6.11.